The van der Waals surface area contributed by atoms with Crippen LogP contribution in [0.25, 0.3) is 0 Å². The zero-order valence-corrected chi connectivity index (χ0v) is 10.6. The lowest BCUT2D eigenvalue weighted by Crippen LogP contribution is -2.28. The summed E-state index contributed by atoms with van der Waals surface area (Å²) >= 11 is 4.99. The highest BCUT2D eigenvalue weighted by Gasteiger charge is 2.17. The van der Waals surface area contributed by atoms with Gasteiger partial charge in [-0.2, -0.15) is 0 Å². The lowest BCUT2D eigenvalue weighted by molar-refractivity contribution is 0.0634. The van der Waals surface area contributed by atoms with Gasteiger partial charge in [-0.3, -0.25) is 9.88 Å². The zero-order chi connectivity index (χ0) is 12.3. The molecule has 16 heavy (non-hydrogen) atoms. The number of ether oxygens (including phenoxy) is 1. The van der Waals surface area contributed by atoms with E-state index in [-0.39, 0.29) is 0 Å². The molecule has 0 atom stereocenters. The Hall–Kier alpha value is -1.37. The Morgan fingerprint density at radius 3 is 2.75 bits per heavy atom. The molecule has 0 aliphatic carbocycles. The number of hydrogen-bond acceptors (Lipinski definition) is 4. The van der Waals surface area contributed by atoms with Crippen LogP contribution in [-0.4, -0.2) is 26.5 Å². The van der Waals surface area contributed by atoms with Crippen LogP contribution >= 0.6 is 12.2 Å². The topological polar surface area (TPSA) is 71.9 Å². The first-order chi connectivity index (χ1) is 7.33. The molecule has 0 aromatic carbocycles. The molecular formula is C9H16N4O2S. The maximum Gasteiger partial charge on any atom is 0.414 e. The number of carbonyl (C=O) groups excluding carboxylic acids is 1. The third kappa shape index (κ3) is 3.34. The van der Waals surface area contributed by atoms with Crippen molar-refractivity contribution in [2.75, 3.05) is 5.32 Å². The summed E-state index contributed by atoms with van der Waals surface area (Å²) in [5, 5.41) is 9.02. The maximum atomic E-state index is 11.5. The van der Waals surface area contributed by atoms with Gasteiger partial charge in [0.05, 0.1) is 0 Å². The van der Waals surface area contributed by atoms with E-state index >= 15 is 0 Å². The van der Waals surface area contributed by atoms with E-state index in [1.807, 2.05) is 6.92 Å². The van der Waals surface area contributed by atoms with Crippen LogP contribution in [0.3, 0.4) is 0 Å². The molecule has 0 radical (unpaired) electrons. The Kier molecular flexibility index (Phi) is 3.69. The van der Waals surface area contributed by atoms with Gasteiger partial charge in [-0.25, -0.2) is 9.89 Å². The van der Waals surface area contributed by atoms with Crippen molar-refractivity contribution < 1.29 is 9.53 Å². The van der Waals surface area contributed by atoms with E-state index in [0.29, 0.717) is 17.3 Å². The molecule has 90 valence electrons. The first-order valence-electron chi connectivity index (χ1n) is 4.98. The normalized spacial score (nSPS) is 11.2. The average Bonchev–Trinajstić information content (AvgIpc) is 2.43. The number of nitrogens with one attached hydrogen (secondary N) is 2. The van der Waals surface area contributed by atoms with Crippen molar-refractivity contribution in [1.29, 1.82) is 0 Å². The van der Waals surface area contributed by atoms with Gasteiger partial charge >= 0.3 is 6.09 Å². The van der Waals surface area contributed by atoms with Crippen molar-refractivity contribution in [3.8, 4) is 0 Å². The van der Waals surface area contributed by atoms with Gasteiger partial charge in [-0.15, -0.1) is 5.10 Å². The third-order valence-corrected chi connectivity index (χ3v) is 2.00. The lowest BCUT2D eigenvalue weighted by atomic mass is 10.2. The fourth-order valence-corrected chi connectivity index (χ4v) is 1.36. The quantitative estimate of drug-likeness (QED) is 0.783. The first-order valence-corrected chi connectivity index (χ1v) is 5.39. The molecule has 2 N–H and O–H groups in total. The van der Waals surface area contributed by atoms with Gasteiger partial charge in [0.1, 0.15) is 5.60 Å². The highest BCUT2D eigenvalue weighted by Crippen LogP contribution is 2.10. The van der Waals surface area contributed by atoms with Crippen LogP contribution in [0.15, 0.2) is 0 Å². The van der Waals surface area contributed by atoms with Crippen molar-refractivity contribution >= 4 is 24.3 Å². The van der Waals surface area contributed by atoms with Crippen LogP contribution in [0, 0.1) is 4.77 Å². The summed E-state index contributed by atoms with van der Waals surface area (Å²) in [6.07, 6.45) is -0.545. The minimum absolute atomic E-state index is 0.363. The number of carbonyl (C=O) groups is 1. The van der Waals surface area contributed by atoms with E-state index in [4.69, 9.17) is 17.0 Å². The molecule has 0 unspecified atom stereocenters. The van der Waals surface area contributed by atoms with E-state index in [2.05, 4.69) is 15.5 Å². The molecule has 7 heteroatoms. The van der Waals surface area contributed by atoms with Crippen LogP contribution < -0.4 is 5.32 Å². The molecule has 1 rings (SSSR count). The number of aromatic nitrogens is 3. The monoisotopic (exact) mass is 244 g/mol. The van der Waals surface area contributed by atoms with Gasteiger partial charge in [0.25, 0.3) is 0 Å². The second-order valence-corrected chi connectivity index (χ2v) is 4.61. The molecule has 0 fully saturated rings. The van der Waals surface area contributed by atoms with Crippen LogP contribution in [0.4, 0.5) is 10.7 Å². The van der Waals surface area contributed by atoms with Crippen molar-refractivity contribution in [3.63, 3.8) is 0 Å². The Morgan fingerprint density at radius 1 is 1.62 bits per heavy atom. The van der Waals surface area contributed by atoms with Gasteiger partial charge < -0.3 is 4.74 Å². The molecule has 1 amide bonds. The van der Waals surface area contributed by atoms with E-state index in [0.717, 1.165) is 0 Å². The van der Waals surface area contributed by atoms with Crippen molar-refractivity contribution in [2.24, 2.45) is 0 Å². The molecule has 6 nitrogen and oxygen atoms in total. The minimum atomic E-state index is -0.545. The number of rotatable bonds is 2. The number of anilines is 1. The standard InChI is InChI=1S/C9H16N4O2S/c1-5-13-6(11-12-7(13)16)10-8(14)15-9(2,3)4/h5H2,1-4H3,(H,12,16)(H,10,11,14). The van der Waals surface area contributed by atoms with Crippen molar-refractivity contribution in [1.82, 2.24) is 14.8 Å². The van der Waals surface area contributed by atoms with Gasteiger partial charge in [-0.1, -0.05) is 0 Å². The van der Waals surface area contributed by atoms with Gasteiger partial charge in [0, 0.05) is 6.54 Å². The fraction of sp³-hybridized carbons (Fsp3) is 0.667. The number of H-pyrrole nitrogens is 1. The highest BCUT2D eigenvalue weighted by atomic mass is 32.1. The predicted molar refractivity (Wildman–Crippen MR) is 62.9 cm³/mol. The number of aromatic amines is 1. The summed E-state index contributed by atoms with van der Waals surface area (Å²) in [6, 6.07) is 0. The SMILES string of the molecule is CCn1c(NC(=O)OC(C)(C)C)n[nH]c1=S. The summed E-state index contributed by atoms with van der Waals surface area (Å²) in [5.41, 5.74) is -0.534. The second-order valence-electron chi connectivity index (χ2n) is 4.22. The highest BCUT2D eigenvalue weighted by molar-refractivity contribution is 7.71. The van der Waals surface area contributed by atoms with E-state index in [9.17, 15) is 4.79 Å². The number of hydrogen-bond donors (Lipinski definition) is 2. The molecule has 0 saturated heterocycles. The molecule has 1 aromatic rings. The minimum Gasteiger partial charge on any atom is -0.444 e. The number of amides is 1. The molecule has 0 aliphatic heterocycles. The summed E-state index contributed by atoms with van der Waals surface area (Å²) in [7, 11) is 0. The molecule has 0 spiro atoms. The van der Waals surface area contributed by atoms with Crippen LogP contribution in [-0.2, 0) is 11.3 Å². The van der Waals surface area contributed by atoms with Crippen LogP contribution in [0.2, 0.25) is 0 Å². The Labute approximate surface area is 99.0 Å². The fourth-order valence-electron chi connectivity index (χ4n) is 1.10. The van der Waals surface area contributed by atoms with E-state index in [1.165, 1.54) is 0 Å². The van der Waals surface area contributed by atoms with Gasteiger partial charge in [-0.05, 0) is 39.9 Å². The molecule has 1 aromatic heterocycles. The summed E-state index contributed by atoms with van der Waals surface area (Å²) < 4.78 is 7.23. The summed E-state index contributed by atoms with van der Waals surface area (Å²) in [5.74, 6) is 0.363. The predicted octanol–water partition coefficient (Wildman–Crippen LogP) is 2.31. The number of nitrogens with zero attached hydrogens (tertiary/aromatic N) is 2. The molecular weight excluding hydrogens is 228 g/mol. The molecule has 0 aliphatic rings. The maximum absolute atomic E-state index is 11.5. The van der Waals surface area contributed by atoms with E-state index < -0.39 is 11.7 Å². The van der Waals surface area contributed by atoms with E-state index in [1.54, 1.807) is 25.3 Å². The van der Waals surface area contributed by atoms with Crippen molar-refractivity contribution in [2.45, 2.75) is 39.8 Å². The summed E-state index contributed by atoms with van der Waals surface area (Å²) in [4.78, 5) is 11.5. The Bertz CT molecular complexity index is 429. The molecule has 0 bridgehead atoms. The Morgan fingerprint density at radius 2 is 2.25 bits per heavy atom. The van der Waals surface area contributed by atoms with Gasteiger partial charge in [0.2, 0.25) is 5.95 Å². The summed E-state index contributed by atoms with van der Waals surface area (Å²) in [6.45, 7) is 7.92. The van der Waals surface area contributed by atoms with Crippen LogP contribution in [0.5, 0.6) is 0 Å². The molecule has 0 saturated carbocycles. The molecule has 1 heterocycles. The third-order valence-electron chi connectivity index (χ3n) is 1.69. The van der Waals surface area contributed by atoms with Crippen molar-refractivity contribution in [3.05, 3.63) is 4.77 Å². The zero-order valence-electron chi connectivity index (χ0n) is 9.83. The smallest absolute Gasteiger partial charge is 0.414 e. The van der Waals surface area contributed by atoms with Crippen LogP contribution in [0.1, 0.15) is 27.7 Å². The van der Waals surface area contributed by atoms with Gasteiger partial charge in [0.15, 0.2) is 4.77 Å². The largest absolute Gasteiger partial charge is 0.444 e. The average molecular weight is 244 g/mol. The lowest BCUT2D eigenvalue weighted by Gasteiger charge is -2.19. The first kappa shape index (κ1) is 12.7. The second kappa shape index (κ2) is 4.65. The Balaban J connectivity index is 2.74.